The van der Waals surface area contributed by atoms with E-state index in [1.165, 1.54) is 11.8 Å². The first-order valence-corrected chi connectivity index (χ1v) is 11.2. The van der Waals surface area contributed by atoms with Crippen LogP contribution in [-0.2, 0) is 19.8 Å². The second-order valence-corrected chi connectivity index (χ2v) is 9.96. The first kappa shape index (κ1) is 24.2. The Morgan fingerprint density at radius 2 is 1.61 bits per heavy atom. The van der Waals surface area contributed by atoms with Crippen LogP contribution >= 0.6 is 0 Å². The van der Waals surface area contributed by atoms with Crippen LogP contribution in [0.3, 0.4) is 0 Å². The SMILES string of the molecule is CC(=O)Nc1ccc(N2C(=O)C(O)=C(C(=O)CC(C)C)C2c2ccc(C(C)(C)C)cc2)cc1. The lowest BCUT2D eigenvalue weighted by molar-refractivity contribution is -0.118. The molecule has 0 spiro atoms. The summed E-state index contributed by atoms with van der Waals surface area (Å²) >= 11 is 0. The Balaban J connectivity index is 2.09. The Kier molecular flexibility index (Phi) is 6.77. The number of aliphatic hydroxyl groups excluding tert-OH is 1. The molecule has 1 heterocycles. The topological polar surface area (TPSA) is 86.7 Å². The predicted octanol–water partition coefficient (Wildman–Crippen LogP) is 5.46. The van der Waals surface area contributed by atoms with E-state index in [1.54, 1.807) is 24.3 Å². The molecule has 6 nitrogen and oxygen atoms in total. The summed E-state index contributed by atoms with van der Waals surface area (Å²) in [5.41, 5.74) is 3.08. The van der Waals surface area contributed by atoms with Crippen molar-refractivity contribution in [3.8, 4) is 0 Å². The first-order valence-electron chi connectivity index (χ1n) is 11.2. The number of hydrogen-bond donors (Lipinski definition) is 2. The van der Waals surface area contributed by atoms with Crippen molar-refractivity contribution in [3.63, 3.8) is 0 Å². The molecule has 2 aromatic carbocycles. The van der Waals surface area contributed by atoms with E-state index in [1.807, 2.05) is 38.1 Å². The van der Waals surface area contributed by atoms with Crippen LogP contribution in [0.4, 0.5) is 11.4 Å². The van der Waals surface area contributed by atoms with Gasteiger partial charge in [0.05, 0.1) is 11.6 Å². The molecule has 33 heavy (non-hydrogen) atoms. The number of benzene rings is 2. The quantitative estimate of drug-likeness (QED) is 0.615. The smallest absolute Gasteiger partial charge is 0.294 e. The maximum atomic E-state index is 13.2. The van der Waals surface area contributed by atoms with Crippen molar-refractivity contribution < 1.29 is 19.5 Å². The molecule has 2 N–H and O–H groups in total. The zero-order chi connectivity index (χ0) is 24.5. The van der Waals surface area contributed by atoms with E-state index in [4.69, 9.17) is 0 Å². The molecule has 0 radical (unpaired) electrons. The second kappa shape index (κ2) is 9.22. The molecule has 2 amide bonds. The molecule has 1 unspecified atom stereocenters. The van der Waals surface area contributed by atoms with E-state index in [9.17, 15) is 19.5 Å². The molecular formula is C27H32N2O4. The van der Waals surface area contributed by atoms with E-state index in [0.29, 0.717) is 11.4 Å². The molecule has 0 saturated carbocycles. The summed E-state index contributed by atoms with van der Waals surface area (Å²) in [5, 5.41) is 13.5. The van der Waals surface area contributed by atoms with Gasteiger partial charge in [0.1, 0.15) is 0 Å². The molecule has 3 rings (SSSR count). The largest absolute Gasteiger partial charge is 0.503 e. The van der Waals surface area contributed by atoms with Crippen LogP contribution in [0.2, 0.25) is 0 Å². The standard InChI is InChI=1S/C27H32N2O4/c1-16(2)15-22(31)23-24(18-7-9-19(10-8-18)27(4,5)6)29(26(33)25(23)32)21-13-11-20(12-14-21)28-17(3)30/h7-14,16,24,32H,15H2,1-6H3,(H,28,30). The average molecular weight is 449 g/mol. The van der Waals surface area contributed by atoms with Gasteiger partial charge >= 0.3 is 0 Å². The molecular weight excluding hydrogens is 416 g/mol. The number of nitrogens with one attached hydrogen (secondary N) is 1. The lowest BCUT2D eigenvalue weighted by Crippen LogP contribution is -2.31. The number of amides is 2. The minimum Gasteiger partial charge on any atom is -0.503 e. The van der Waals surface area contributed by atoms with Gasteiger partial charge in [0, 0.05) is 24.7 Å². The van der Waals surface area contributed by atoms with E-state index in [2.05, 4.69) is 26.1 Å². The molecule has 1 aliphatic heterocycles. The van der Waals surface area contributed by atoms with Crippen LogP contribution in [0, 0.1) is 5.92 Å². The van der Waals surface area contributed by atoms with E-state index in [0.717, 1.165) is 11.1 Å². The number of anilines is 2. The number of carbonyl (C=O) groups excluding carboxylic acids is 3. The average Bonchev–Trinajstić information content (AvgIpc) is 2.98. The zero-order valence-electron chi connectivity index (χ0n) is 20.1. The Morgan fingerprint density at radius 1 is 1.03 bits per heavy atom. The van der Waals surface area contributed by atoms with Crippen molar-refractivity contribution in [2.45, 2.75) is 59.4 Å². The number of aliphatic hydroxyl groups is 1. The van der Waals surface area contributed by atoms with E-state index < -0.39 is 17.7 Å². The van der Waals surface area contributed by atoms with Crippen LogP contribution < -0.4 is 10.2 Å². The van der Waals surface area contributed by atoms with Crippen molar-refractivity contribution in [3.05, 3.63) is 71.0 Å². The van der Waals surface area contributed by atoms with Gasteiger partial charge in [-0.2, -0.15) is 0 Å². The highest BCUT2D eigenvalue weighted by Gasteiger charge is 2.44. The molecule has 0 saturated heterocycles. The van der Waals surface area contributed by atoms with Gasteiger partial charge < -0.3 is 10.4 Å². The second-order valence-electron chi connectivity index (χ2n) is 9.96. The monoisotopic (exact) mass is 448 g/mol. The molecule has 0 bridgehead atoms. The first-order chi connectivity index (χ1) is 15.4. The van der Waals surface area contributed by atoms with Crippen LogP contribution in [0.15, 0.2) is 59.9 Å². The van der Waals surface area contributed by atoms with Gasteiger partial charge in [0.25, 0.3) is 5.91 Å². The predicted molar refractivity (Wildman–Crippen MR) is 130 cm³/mol. The van der Waals surface area contributed by atoms with Crippen molar-refractivity contribution in [1.29, 1.82) is 0 Å². The molecule has 174 valence electrons. The lowest BCUT2D eigenvalue weighted by Gasteiger charge is -2.28. The van der Waals surface area contributed by atoms with Crippen molar-refractivity contribution in [2.75, 3.05) is 10.2 Å². The number of Topliss-reactive ketones (excluding diaryl/α,β-unsaturated/α-hetero) is 1. The Bertz CT molecular complexity index is 1090. The highest BCUT2D eigenvalue weighted by molar-refractivity contribution is 6.16. The van der Waals surface area contributed by atoms with Gasteiger partial charge in [-0.3, -0.25) is 19.3 Å². The summed E-state index contributed by atoms with van der Waals surface area (Å²) in [4.78, 5) is 39.1. The van der Waals surface area contributed by atoms with Crippen LogP contribution in [-0.4, -0.2) is 22.7 Å². The van der Waals surface area contributed by atoms with E-state index >= 15 is 0 Å². The molecule has 0 fully saturated rings. The molecule has 6 heteroatoms. The van der Waals surface area contributed by atoms with Gasteiger partial charge in [0.15, 0.2) is 11.5 Å². The number of hydrogen-bond acceptors (Lipinski definition) is 4. The van der Waals surface area contributed by atoms with Crippen LogP contribution in [0.5, 0.6) is 0 Å². The maximum Gasteiger partial charge on any atom is 0.294 e. The minimum atomic E-state index is -0.732. The Labute approximate surface area is 195 Å². The number of rotatable bonds is 6. The Hall–Kier alpha value is -3.41. The fourth-order valence-corrected chi connectivity index (χ4v) is 4.03. The summed E-state index contributed by atoms with van der Waals surface area (Å²) in [7, 11) is 0. The Morgan fingerprint density at radius 3 is 2.09 bits per heavy atom. The minimum absolute atomic E-state index is 0.0441. The molecule has 1 aliphatic rings. The van der Waals surface area contributed by atoms with Gasteiger partial charge in [-0.15, -0.1) is 0 Å². The molecule has 0 aliphatic carbocycles. The summed E-state index contributed by atoms with van der Waals surface area (Å²) in [5.74, 6) is -1.46. The molecule has 2 aromatic rings. The lowest BCUT2D eigenvalue weighted by atomic mass is 9.85. The summed E-state index contributed by atoms with van der Waals surface area (Å²) in [6, 6.07) is 13.9. The van der Waals surface area contributed by atoms with Gasteiger partial charge in [-0.1, -0.05) is 58.9 Å². The fraction of sp³-hybridized carbons (Fsp3) is 0.370. The third kappa shape index (κ3) is 5.16. The van der Waals surface area contributed by atoms with Crippen molar-refractivity contribution >= 4 is 29.0 Å². The normalized spacial score (nSPS) is 16.5. The van der Waals surface area contributed by atoms with Gasteiger partial charge in [-0.05, 0) is 46.7 Å². The van der Waals surface area contributed by atoms with Crippen molar-refractivity contribution in [1.82, 2.24) is 0 Å². The van der Waals surface area contributed by atoms with Crippen LogP contribution in [0.25, 0.3) is 0 Å². The van der Waals surface area contributed by atoms with Crippen LogP contribution in [0.1, 0.15) is 65.1 Å². The highest BCUT2D eigenvalue weighted by Crippen LogP contribution is 2.42. The summed E-state index contributed by atoms with van der Waals surface area (Å²) in [6.07, 6.45) is 0.235. The highest BCUT2D eigenvalue weighted by atomic mass is 16.3. The molecule has 1 atom stereocenters. The summed E-state index contributed by atoms with van der Waals surface area (Å²) in [6.45, 7) is 11.6. The fourth-order valence-electron chi connectivity index (χ4n) is 4.03. The van der Waals surface area contributed by atoms with Gasteiger partial charge in [0.2, 0.25) is 5.91 Å². The number of ketones is 1. The third-order valence-electron chi connectivity index (χ3n) is 5.66. The third-order valence-corrected chi connectivity index (χ3v) is 5.66. The maximum absolute atomic E-state index is 13.2. The van der Waals surface area contributed by atoms with Crippen molar-refractivity contribution in [2.24, 2.45) is 5.92 Å². The molecule has 0 aromatic heterocycles. The zero-order valence-corrected chi connectivity index (χ0v) is 20.1. The van der Waals surface area contributed by atoms with E-state index in [-0.39, 0.29) is 35.0 Å². The number of carbonyl (C=O) groups is 3. The van der Waals surface area contributed by atoms with Gasteiger partial charge in [-0.25, -0.2) is 0 Å². The summed E-state index contributed by atoms with van der Waals surface area (Å²) < 4.78 is 0. The number of nitrogens with zero attached hydrogens (tertiary/aromatic N) is 1.